The molecule has 1 aromatic heterocycles. The van der Waals surface area contributed by atoms with Crippen molar-refractivity contribution >= 4 is 16.8 Å². The second-order valence-electron chi connectivity index (χ2n) is 3.73. The van der Waals surface area contributed by atoms with Crippen LogP contribution in [0.3, 0.4) is 0 Å². The molecule has 0 spiro atoms. The van der Waals surface area contributed by atoms with Crippen LogP contribution in [0.2, 0.25) is 0 Å². The number of hydrogen-bond donors (Lipinski definition) is 1. The summed E-state index contributed by atoms with van der Waals surface area (Å²) in [5.74, 6) is 0.0995. The highest BCUT2D eigenvalue weighted by atomic mass is 16.2. The fourth-order valence-electron chi connectivity index (χ4n) is 1.93. The number of aromatic amines is 1. The fourth-order valence-corrected chi connectivity index (χ4v) is 1.93. The second kappa shape index (κ2) is 4.39. The predicted molar refractivity (Wildman–Crippen MR) is 65.6 cm³/mol. The van der Waals surface area contributed by atoms with Gasteiger partial charge in [-0.3, -0.25) is 4.79 Å². The fraction of sp³-hybridized carbons (Fsp3) is 0.308. The van der Waals surface area contributed by atoms with Crippen molar-refractivity contribution in [1.82, 2.24) is 9.88 Å². The van der Waals surface area contributed by atoms with Gasteiger partial charge in [0.1, 0.15) is 0 Å². The minimum Gasteiger partial charge on any atom is -0.360 e. The summed E-state index contributed by atoms with van der Waals surface area (Å²) < 4.78 is 0. The number of aromatic nitrogens is 1. The van der Waals surface area contributed by atoms with Crippen molar-refractivity contribution in [1.29, 1.82) is 0 Å². The number of rotatable bonds is 3. The summed E-state index contributed by atoms with van der Waals surface area (Å²) in [6, 6.07) is 7.87. The van der Waals surface area contributed by atoms with Crippen molar-refractivity contribution in [3.8, 4) is 0 Å². The monoisotopic (exact) mass is 216 g/mol. The van der Waals surface area contributed by atoms with Crippen LogP contribution in [0, 0.1) is 0 Å². The number of H-pyrrole nitrogens is 1. The maximum atomic E-state index is 12.2. The van der Waals surface area contributed by atoms with Crippen LogP contribution in [0.1, 0.15) is 24.2 Å². The minimum atomic E-state index is 0.0995. The van der Waals surface area contributed by atoms with Gasteiger partial charge in [0, 0.05) is 30.2 Å². The lowest BCUT2D eigenvalue weighted by Gasteiger charge is -2.17. The SMILES string of the molecule is CCN(CC)C(=O)c1c[nH]c2ccccc12. The first-order valence-electron chi connectivity index (χ1n) is 5.63. The molecule has 16 heavy (non-hydrogen) atoms. The lowest BCUT2D eigenvalue weighted by molar-refractivity contribution is 0.0775. The molecule has 1 aromatic carbocycles. The van der Waals surface area contributed by atoms with Gasteiger partial charge >= 0.3 is 0 Å². The Bertz CT molecular complexity index is 497. The molecule has 2 aromatic rings. The Morgan fingerprint density at radius 3 is 2.62 bits per heavy atom. The van der Waals surface area contributed by atoms with Crippen LogP contribution in [0.15, 0.2) is 30.5 Å². The van der Waals surface area contributed by atoms with Crippen LogP contribution >= 0.6 is 0 Å². The Labute approximate surface area is 95.1 Å². The zero-order valence-electron chi connectivity index (χ0n) is 9.66. The first-order chi connectivity index (χ1) is 7.77. The maximum absolute atomic E-state index is 12.2. The molecule has 0 unspecified atom stereocenters. The molecule has 0 aliphatic heterocycles. The van der Waals surface area contributed by atoms with E-state index < -0.39 is 0 Å². The topological polar surface area (TPSA) is 36.1 Å². The normalized spacial score (nSPS) is 10.6. The van der Waals surface area contributed by atoms with Gasteiger partial charge < -0.3 is 9.88 Å². The Hall–Kier alpha value is -1.77. The predicted octanol–water partition coefficient (Wildman–Crippen LogP) is 2.65. The number of fused-ring (bicyclic) bond motifs is 1. The molecule has 0 saturated carbocycles. The molecule has 0 fully saturated rings. The van der Waals surface area contributed by atoms with Crippen molar-refractivity contribution in [2.24, 2.45) is 0 Å². The highest BCUT2D eigenvalue weighted by Gasteiger charge is 2.15. The first-order valence-corrected chi connectivity index (χ1v) is 5.63. The molecule has 1 amide bonds. The summed E-state index contributed by atoms with van der Waals surface area (Å²) in [6.45, 7) is 5.48. The van der Waals surface area contributed by atoms with E-state index in [1.165, 1.54) is 0 Å². The van der Waals surface area contributed by atoms with E-state index in [1.807, 2.05) is 43.0 Å². The van der Waals surface area contributed by atoms with Crippen LogP contribution in [0.25, 0.3) is 10.9 Å². The third-order valence-corrected chi connectivity index (χ3v) is 2.87. The lowest BCUT2D eigenvalue weighted by Crippen LogP contribution is -2.30. The number of nitrogens with zero attached hydrogens (tertiary/aromatic N) is 1. The summed E-state index contributed by atoms with van der Waals surface area (Å²) in [5, 5.41) is 0.999. The molecule has 1 heterocycles. The molecule has 2 rings (SSSR count). The molecular weight excluding hydrogens is 200 g/mol. The minimum absolute atomic E-state index is 0.0995. The Morgan fingerprint density at radius 1 is 1.25 bits per heavy atom. The van der Waals surface area contributed by atoms with E-state index in [4.69, 9.17) is 0 Å². The second-order valence-corrected chi connectivity index (χ2v) is 3.73. The number of carbonyl (C=O) groups is 1. The molecule has 0 bridgehead atoms. The van der Waals surface area contributed by atoms with Crippen molar-refractivity contribution in [3.05, 3.63) is 36.0 Å². The van der Waals surface area contributed by atoms with E-state index in [0.29, 0.717) is 0 Å². The molecule has 1 N–H and O–H groups in total. The van der Waals surface area contributed by atoms with Crippen molar-refractivity contribution in [2.75, 3.05) is 13.1 Å². The number of hydrogen-bond acceptors (Lipinski definition) is 1. The smallest absolute Gasteiger partial charge is 0.256 e. The van der Waals surface area contributed by atoms with E-state index in [2.05, 4.69) is 4.98 Å². The molecule has 0 atom stereocenters. The van der Waals surface area contributed by atoms with Crippen LogP contribution in [0.4, 0.5) is 0 Å². The number of nitrogens with one attached hydrogen (secondary N) is 1. The van der Waals surface area contributed by atoms with E-state index in [1.54, 1.807) is 6.20 Å². The van der Waals surface area contributed by atoms with Crippen molar-refractivity contribution in [2.45, 2.75) is 13.8 Å². The summed E-state index contributed by atoms with van der Waals surface area (Å²) >= 11 is 0. The highest BCUT2D eigenvalue weighted by Crippen LogP contribution is 2.19. The third-order valence-electron chi connectivity index (χ3n) is 2.87. The maximum Gasteiger partial charge on any atom is 0.256 e. The van der Waals surface area contributed by atoms with Crippen LogP contribution in [0.5, 0.6) is 0 Å². The average Bonchev–Trinajstić information content (AvgIpc) is 2.74. The van der Waals surface area contributed by atoms with Gasteiger partial charge in [-0.1, -0.05) is 18.2 Å². The largest absolute Gasteiger partial charge is 0.360 e. The number of carbonyl (C=O) groups excluding carboxylic acids is 1. The Kier molecular flexibility index (Phi) is 2.95. The molecule has 0 radical (unpaired) electrons. The molecule has 0 aliphatic rings. The third kappa shape index (κ3) is 1.69. The molecule has 3 heteroatoms. The van der Waals surface area contributed by atoms with Gasteiger partial charge in [-0.25, -0.2) is 0 Å². The van der Waals surface area contributed by atoms with Crippen LogP contribution < -0.4 is 0 Å². The lowest BCUT2D eigenvalue weighted by atomic mass is 10.1. The van der Waals surface area contributed by atoms with Gasteiger partial charge in [0.2, 0.25) is 0 Å². The summed E-state index contributed by atoms with van der Waals surface area (Å²) in [5.41, 5.74) is 1.78. The molecular formula is C13H16N2O. The zero-order valence-corrected chi connectivity index (χ0v) is 9.66. The van der Waals surface area contributed by atoms with Crippen LogP contribution in [-0.2, 0) is 0 Å². The Balaban J connectivity index is 2.43. The zero-order chi connectivity index (χ0) is 11.5. The van der Waals surface area contributed by atoms with E-state index >= 15 is 0 Å². The quantitative estimate of drug-likeness (QED) is 0.841. The van der Waals surface area contributed by atoms with Crippen molar-refractivity contribution < 1.29 is 4.79 Å². The van der Waals surface area contributed by atoms with Gasteiger partial charge in [0.05, 0.1) is 5.56 Å². The van der Waals surface area contributed by atoms with Gasteiger partial charge in [-0.05, 0) is 19.9 Å². The molecule has 0 aliphatic carbocycles. The number of benzene rings is 1. The Morgan fingerprint density at radius 2 is 1.94 bits per heavy atom. The summed E-state index contributed by atoms with van der Waals surface area (Å²) in [6.07, 6.45) is 1.80. The molecule has 3 nitrogen and oxygen atoms in total. The van der Waals surface area contributed by atoms with E-state index in [0.717, 1.165) is 29.6 Å². The molecule has 0 saturated heterocycles. The molecule has 84 valence electrons. The highest BCUT2D eigenvalue weighted by molar-refractivity contribution is 6.06. The van der Waals surface area contributed by atoms with Gasteiger partial charge in [0.25, 0.3) is 5.91 Å². The number of amides is 1. The average molecular weight is 216 g/mol. The van der Waals surface area contributed by atoms with Gasteiger partial charge in [-0.2, -0.15) is 0 Å². The standard InChI is InChI=1S/C13H16N2O/c1-3-15(4-2)13(16)11-9-14-12-8-6-5-7-10(11)12/h5-9,14H,3-4H2,1-2H3. The van der Waals surface area contributed by atoms with Gasteiger partial charge in [0.15, 0.2) is 0 Å². The van der Waals surface area contributed by atoms with Gasteiger partial charge in [-0.15, -0.1) is 0 Å². The number of para-hydroxylation sites is 1. The van der Waals surface area contributed by atoms with E-state index in [9.17, 15) is 4.79 Å². The van der Waals surface area contributed by atoms with E-state index in [-0.39, 0.29) is 5.91 Å². The van der Waals surface area contributed by atoms with Crippen LogP contribution in [-0.4, -0.2) is 28.9 Å². The summed E-state index contributed by atoms with van der Waals surface area (Å²) in [7, 11) is 0. The first kappa shape index (κ1) is 10.7. The summed E-state index contributed by atoms with van der Waals surface area (Å²) in [4.78, 5) is 17.1. The van der Waals surface area contributed by atoms with Crippen molar-refractivity contribution in [3.63, 3.8) is 0 Å².